The fourth-order valence-electron chi connectivity index (χ4n) is 3.19. The van der Waals surface area contributed by atoms with Gasteiger partial charge in [0.2, 0.25) is 0 Å². The summed E-state index contributed by atoms with van der Waals surface area (Å²) in [7, 11) is 0. The molecule has 0 spiro atoms. The third kappa shape index (κ3) is 4.12. The predicted octanol–water partition coefficient (Wildman–Crippen LogP) is 1.42. The fourth-order valence-corrected chi connectivity index (χ4v) is 3.19. The Kier molecular flexibility index (Phi) is 4.85. The first-order valence-corrected chi connectivity index (χ1v) is 8.57. The zero-order valence-electron chi connectivity index (χ0n) is 14.1. The van der Waals surface area contributed by atoms with Gasteiger partial charge in [-0.25, -0.2) is 9.97 Å². The molecular formula is C18H22N6O. The summed E-state index contributed by atoms with van der Waals surface area (Å²) >= 11 is 0. The molecule has 0 unspecified atom stereocenters. The lowest BCUT2D eigenvalue weighted by Gasteiger charge is -2.32. The van der Waals surface area contributed by atoms with Crippen LogP contribution in [0, 0.1) is 0 Å². The van der Waals surface area contributed by atoms with Crippen LogP contribution in [0.15, 0.2) is 55.4 Å². The topological polar surface area (TPSA) is 61.0 Å². The van der Waals surface area contributed by atoms with Crippen molar-refractivity contribution in [2.24, 2.45) is 0 Å². The molecule has 1 aliphatic rings. The van der Waals surface area contributed by atoms with Crippen LogP contribution < -0.4 is 0 Å². The predicted molar refractivity (Wildman–Crippen MR) is 92.8 cm³/mol. The van der Waals surface area contributed by atoms with Gasteiger partial charge < -0.3 is 9.30 Å². The first-order valence-electron chi connectivity index (χ1n) is 8.57. The Morgan fingerprint density at radius 2 is 2.08 bits per heavy atom. The van der Waals surface area contributed by atoms with Crippen molar-refractivity contribution in [2.45, 2.75) is 25.7 Å². The number of ether oxygens (including phenoxy) is 1. The Balaban J connectivity index is 1.38. The average molecular weight is 338 g/mol. The summed E-state index contributed by atoms with van der Waals surface area (Å²) in [4.78, 5) is 10.9. The molecule has 0 aliphatic carbocycles. The lowest BCUT2D eigenvalue weighted by molar-refractivity contribution is -0.0411. The van der Waals surface area contributed by atoms with Gasteiger partial charge in [0.25, 0.3) is 0 Å². The molecule has 0 radical (unpaired) electrons. The van der Waals surface area contributed by atoms with Crippen molar-refractivity contribution in [3.63, 3.8) is 0 Å². The molecular weight excluding hydrogens is 316 g/mol. The maximum Gasteiger partial charge on any atom is 0.137 e. The van der Waals surface area contributed by atoms with Crippen LogP contribution in [0.5, 0.6) is 0 Å². The highest BCUT2D eigenvalue weighted by molar-refractivity contribution is 5.15. The number of imidazole rings is 1. The van der Waals surface area contributed by atoms with Gasteiger partial charge in [0.1, 0.15) is 18.5 Å². The van der Waals surface area contributed by atoms with Crippen LogP contribution in [-0.4, -0.2) is 55.0 Å². The molecule has 1 saturated heterocycles. The van der Waals surface area contributed by atoms with Gasteiger partial charge in [0.05, 0.1) is 25.8 Å². The Hall–Kier alpha value is -2.51. The smallest absolute Gasteiger partial charge is 0.137 e. The van der Waals surface area contributed by atoms with Crippen molar-refractivity contribution in [3.05, 3.63) is 66.8 Å². The van der Waals surface area contributed by atoms with E-state index in [0.717, 1.165) is 45.2 Å². The van der Waals surface area contributed by atoms with E-state index in [1.54, 1.807) is 12.7 Å². The monoisotopic (exact) mass is 338 g/mol. The lowest BCUT2D eigenvalue weighted by Crippen LogP contribution is -2.44. The fraction of sp³-hybridized carbons (Fsp3) is 0.389. The van der Waals surface area contributed by atoms with Crippen LogP contribution in [0.25, 0.3) is 0 Å². The average Bonchev–Trinajstić information content (AvgIpc) is 3.29. The number of hydrogen-bond acceptors (Lipinski definition) is 5. The van der Waals surface area contributed by atoms with E-state index < -0.39 is 0 Å². The van der Waals surface area contributed by atoms with Gasteiger partial charge in [-0.05, 0) is 5.56 Å². The van der Waals surface area contributed by atoms with Gasteiger partial charge in [-0.2, -0.15) is 5.10 Å². The minimum Gasteiger partial charge on any atom is -0.374 e. The minimum atomic E-state index is 0.132. The molecule has 1 atom stereocenters. The van der Waals surface area contributed by atoms with Gasteiger partial charge in [-0.15, -0.1) is 0 Å². The number of nitrogens with zero attached hydrogens (tertiary/aromatic N) is 6. The van der Waals surface area contributed by atoms with Crippen LogP contribution in [0.3, 0.4) is 0 Å². The second-order valence-electron chi connectivity index (χ2n) is 6.30. The minimum absolute atomic E-state index is 0.132. The first kappa shape index (κ1) is 16.0. The van der Waals surface area contributed by atoms with E-state index >= 15 is 0 Å². The van der Waals surface area contributed by atoms with Crippen LogP contribution in [0.2, 0.25) is 0 Å². The number of aromatic nitrogens is 5. The molecule has 3 heterocycles. The molecule has 0 saturated carbocycles. The van der Waals surface area contributed by atoms with Crippen molar-refractivity contribution < 1.29 is 4.74 Å². The van der Waals surface area contributed by atoms with Crippen LogP contribution in [0.1, 0.15) is 11.4 Å². The molecule has 25 heavy (non-hydrogen) atoms. The second kappa shape index (κ2) is 7.58. The standard InChI is InChI=1S/C18H22N6O/c1-2-4-16(5-3-1)10-23-7-6-20-18(23)13-22-8-9-25-17(11-22)12-24-15-19-14-21-24/h1-7,14-15,17H,8-13H2/t17-/m0/s1. The summed E-state index contributed by atoms with van der Waals surface area (Å²) in [6.07, 6.45) is 7.35. The lowest BCUT2D eigenvalue weighted by atomic mass is 10.2. The highest BCUT2D eigenvalue weighted by Gasteiger charge is 2.22. The maximum absolute atomic E-state index is 5.87. The second-order valence-corrected chi connectivity index (χ2v) is 6.30. The molecule has 7 nitrogen and oxygen atoms in total. The Morgan fingerprint density at radius 1 is 1.16 bits per heavy atom. The van der Waals surface area contributed by atoms with Crippen LogP contribution >= 0.6 is 0 Å². The van der Waals surface area contributed by atoms with E-state index in [1.165, 1.54) is 5.56 Å². The zero-order valence-corrected chi connectivity index (χ0v) is 14.1. The summed E-state index contributed by atoms with van der Waals surface area (Å²) in [5.41, 5.74) is 1.28. The molecule has 4 rings (SSSR count). The molecule has 0 N–H and O–H groups in total. The number of benzene rings is 1. The third-order valence-electron chi connectivity index (χ3n) is 4.44. The molecule has 3 aromatic rings. The molecule has 0 bridgehead atoms. The van der Waals surface area contributed by atoms with Gasteiger partial charge in [-0.3, -0.25) is 9.58 Å². The molecule has 130 valence electrons. The number of rotatable bonds is 6. The van der Waals surface area contributed by atoms with Crippen molar-refractivity contribution >= 4 is 0 Å². The summed E-state index contributed by atoms with van der Waals surface area (Å²) in [6, 6.07) is 10.5. The maximum atomic E-state index is 5.87. The quantitative estimate of drug-likeness (QED) is 0.680. The van der Waals surface area contributed by atoms with Gasteiger partial charge in [0.15, 0.2) is 0 Å². The molecule has 1 fully saturated rings. The van der Waals surface area contributed by atoms with E-state index in [0.29, 0.717) is 0 Å². The highest BCUT2D eigenvalue weighted by atomic mass is 16.5. The molecule has 1 aliphatic heterocycles. The van der Waals surface area contributed by atoms with Crippen molar-refractivity contribution in [3.8, 4) is 0 Å². The third-order valence-corrected chi connectivity index (χ3v) is 4.44. The van der Waals surface area contributed by atoms with E-state index in [9.17, 15) is 0 Å². The van der Waals surface area contributed by atoms with E-state index in [1.807, 2.05) is 16.9 Å². The molecule has 2 aromatic heterocycles. The molecule has 0 amide bonds. The highest BCUT2D eigenvalue weighted by Crippen LogP contribution is 2.12. The Morgan fingerprint density at radius 3 is 2.92 bits per heavy atom. The van der Waals surface area contributed by atoms with Crippen molar-refractivity contribution in [1.29, 1.82) is 0 Å². The first-order chi connectivity index (χ1) is 12.4. The SMILES string of the molecule is c1ccc(Cn2ccnc2CN2CCO[C@H](Cn3cncn3)C2)cc1. The van der Waals surface area contributed by atoms with Gasteiger partial charge in [-0.1, -0.05) is 30.3 Å². The summed E-state index contributed by atoms with van der Waals surface area (Å²) in [5.74, 6) is 1.09. The van der Waals surface area contributed by atoms with E-state index in [2.05, 4.69) is 55.0 Å². The van der Waals surface area contributed by atoms with E-state index in [4.69, 9.17) is 4.74 Å². The van der Waals surface area contributed by atoms with Crippen molar-refractivity contribution in [2.75, 3.05) is 19.7 Å². The largest absolute Gasteiger partial charge is 0.374 e. The van der Waals surface area contributed by atoms with Crippen LogP contribution in [0.4, 0.5) is 0 Å². The molecule has 1 aromatic carbocycles. The summed E-state index contributed by atoms with van der Waals surface area (Å²) < 4.78 is 9.91. The van der Waals surface area contributed by atoms with Crippen molar-refractivity contribution in [1.82, 2.24) is 29.2 Å². The van der Waals surface area contributed by atoms with Crippen LogP contribution in [-0.2, 0) is 24.4 Å². The van der Waals surface area contributed by atoms with Gasteiger partial charge in [0, 0.05) is 32.0 Å². The molecule has 7 heteroatoms. The number of morpholine rings is 1. The Labute approximate surface area is 146 Å². The van der Waals surface area contributed by atoms with Gasteiger partial charge >= 0.3 is 0 Å². The summed E-state index contributed by atoms with van der Waals surface area (Å²) in [6.45, 7) is 4.94. The number of hydrogen-bond donors (Lipinski definition) is 0. The summed E-state index contributed by atoms with van der Waals surface area (Å²) in [5, 5.41) is 4.16. The zero-order chi connectivity index (χ0) is 16.9. The van der Waals surface area contributed by atoms with E-state index in [-0.39, 0.29) is 6.10 Å². The normalized spacial score (nSPS) is 18.5. The Bertz CT molecular complexity index is 770.